The number of rotatable bonds is 2. The highest BCUT2D eigenvalue weighted by atomic mass is 35.5. The molecule has 0 radical (unpaired) electrons. The Bertz CT molecular complexity index is 386. The van der Waals surface area contributed by atoms with Gasteiger partial charge in [-0.2, -0.15) is 0 Å². The van der Waals surface area contributed by atoms with Gasteiger partial charge in [0.2, 0.25) is 0 Å². The van der Waals surface area contributed by atoms with Crippen LogP contribution >= 0.6 is 12.4 Å². The first-order valence-electron chi connectivity index (χ1n) is 6.54. The van der Waals surface area contributed by atoms with Crippen LogP contribution in [0.4, 0.5) is 0 Å². The lowest BCUT2D eigenvalue weighted by Crippen LogP contribution is -2.61. The third-order valence-electron chi connectivity index (χ3n) is 4.49. The van der Waals surface area contributed by atoms with Crippen molar-refractivity contribution in [2.24, 2.45) is 17.8 Å². The van der Waals surface area contributed by atoms with Gasteiger partial charge in [-0.25, -0.2) is 9.97 Å². The van der Waals surface area contributed by atoms with E-state index in [1.165, 1.54) is 32.5 Å². The van der Waals surface area contributed by atoms with Crippen molar-refractivity contribution < 1.29 is 4.74 Å². The Hall–Kier alpha value is -0.870. The number of piperidine rings is 3. The summed E-state index contributed by atoms with van der Waals surface area (Å²) in [5.74, 6) is 2.32. The van der Waals surface area contributed by atoms with Gasteiger partial charge in [0.1, 0.15) is 6.10 Å². The van der Waals surface area contributed by atoms with Crippen molar-refractivity contribution in [3.8, 4) is 6.01 Å². The summed E-state index contributed by atoms with van der Waals surface area (Å²) in [6.45, 7) is 3.75. The minimum atomic E-state index is 0. The van der Waals surface area contributed by atoms with Gasteiger partial charge in [0, 0.05) is 43.9 Å². The minimum Gasteiger partial charge on any atom is -0.459 e. The summed E-state index contributed by atoms with van der Waals surface area (Å²) in [5.41, 5.74) is 0. The number of hydrogen-bond donors (Lipinski definition) is 0. The molecule has 3 saturated heterocycles. The molecule has 5 heteroatoms. The highest BCUT2D eigenvalue weighted by Crippen LogP contribution is 2.44. The molecule has 1 aromatic heterocycles. The average molecular weight is 268 g/mol. The summed E-state index contributed by atoms with van der Waals surface area (Å²) in [7, 11) is 0. The number of aromatic nitrogens is 2. The zero-order valence-corrected chi connectivity index (χ0v) is 11.1. The molecule has 2 atom stereocenters. The fraction of sp³-hybridized carbons (Fsp3) is 0.692. The maximum atomic E-state index is 6.04. The molecule has 4 fully saturated rings. The molecule has 0 N–H and O–H groups in total. The maximum absolute atomic E-state index is 6.04. The zero-order chi connectivity index (χ0) is 11.2. The highest BCUT2D eigenvalue weighted by molar-refractivity contribution is 5.85. The lowest BCUT2D eigenvalue weighted by molar-refractivity contribution is -0.101. The van der Waals surface area contributed by atoms with Crippen LogP contribution in [0, 0.1) is 17.8 Å². The first kappa shape index (κ1) is 12.2. The van der Waals surface area contributed by atoms with Gasteiger partial charge in [-0.1, -0.05) is 0 Å². The Kier molecular flexibility index (Phi) is 3.16. The summed E-state index contributed by atoms with van der Waals surface area (Å²) < 4.78 is 6.04. The number of nitrogens with zero attached hydrogens (tertiary/aromatic N) is 3. The number of halogens is 1. The SMILES string of the molecule is Cl.c1cnc(OC2[C@H]3CC4C[C@H]2CN(C4)C3)nc1. The summed E-state index contributed by atoms with van der Waals surface area (Å²) in [6.07, 6.45) is 6.53. The van der Waals surface area contributed by atoms with Crippen LogP contribution in [0.5, 0.6) is 6.01 Å². The fourth-order valence-corrected chi connectivity index (χ4v) is 4.02. The second kappa shape index (κ2) is 4.67. The zero-order valence-electron chi connectivity index (χ0n) is 10.2. The van der Waals surface area contributed by atoms with E-state index in [-0.39, 0.29) is 12.4 Å². The Morgan fingerprint density at radius 2 is 1.72 bits per heavy atom. The standard InChI is InChI=1S/C13H17N3O.ClH/c1-2-14-13(15-3-1)17-12-10-4-9-5-11(12)8-16(6-9)7-10;/h1-3,9-12H,4-8H2;1H/t9?,10-,11-,12?;/m0./s1. The predicted molar refractivity (Wildman–Crippen MR) is 69.8 cm³/mol. The van der Waals surface area contributed by atoms with Crippen molar-refractivity contribution in [1.29, 1.82) is 0 Å². The lowest BCUT2D eigenvalue weighted by Gasteiger charge is -2.55. The second-order valence-corrected chi connectivity index (χ2v) is 5.69. The van der Waals surface area contributed by atoms with E-state index in [2.05, 4.69) is 14.9 Å². The van der Waals surface area contributed by atoms with E-state index in [4.69, 9.17) is 4.74 Å². The summed E-state index contributed by atoms with van der Waals surface area (Å²) >= 11 is 0. The molecule has 0 unspecified atom stereocenters. The van der Waals surface area contributed by atoms with Crippen LogP contribution in [0.15, 0.2) is 18.5 Å². The van der Waals surface area contributed by atoms with Gasteiger partial charge in [-0.05, 0) is 24.8 Å². The summed E-state index contributed by atoms with van der Waals surface area (Å²) in [5, 5.41) is 0. The molecule has 1 aromatic rings. The van der Waals surface area contributed by atoms with Crippen LogP contribution < -0.4 is 4.74 Å². The van der Waals surface area contributed by atoms with E-state index in [1.807, 2.05) is 6.07 Å². The van der Waals surface area contributed by atoms with E-state index in [0.29, 0.717) is 24.0 Å². The minimum absolute atomic E-state index is 0. The van der Waals surface area contributed by atoms with E-state index in [9.17, 15) is 0 Å². The maximum Gasteiger partial charge on any atom is 0.316 e. The summed E-state index contributed by atoms with van der Waals surface area (Å²) in [6, 6.07) is 2.38. The molecular weight excluding hydrogens is 250 g/mol. The molecular formula is C13H18ClN3O. The van der Waals surface area contributed by atoms with Crippen molar-refractivity contribution in [3.05, 3.63) is 18.5 Å². The van der Waals surface area contributed by atoms with Crippen LogP contribution in [0.1, 0.15) is 12.8 Å². The third-order valence-corrected chi connectivity index (χ3v) is 4.49. The number of ether oxygens (including phenoxy) is 1. The smallest absolute Gasteiger partial charge is 0.316 e. The van der Waals surface area contributed by atoms with E-state index >= 15 is 0 Å². The largest absolute Gasteiger partial charge is 0.459 e. The van der Waals surface area contributed by atoms with Crippen LogP contribution in [0.25, 0.3) is 0 Å². The molecule has 4 aliphatic rings. The molecule has 0 amide bonds. The molecule has 3 aliphatic heterocycles. The van der Waals surface area contributed by atoms with Gasteiger partial charge in [-0.15, -0.1) is 12.4 Å². The Balaban J connectivity index is 0.000001000. The van der Waals surface area contributed by atoms with Crippen LogP contribution in [-0.2, 0) is 0 Å². The van der Waals surface area contributed by atoms with Gasteiger partial charge in [-0.3, -0.25) is 0 Å². The fourth-order valence-electron chi connectivity index (χ4n) is 4.02. The number of hydrogen-bond acceptors (Lipinski definition) is 4. The molecule has 98 valence electrons. The molecule has 1 aliphatic carbocycles. The molecule has 4 bridgehead atoms. The van der Waals surface area contributed by atoms with E-state index < -0.39 is 0 Å². The van der Waals surface area contributed by atoms with Gasteiger partial charge in [0.05, 0.1) is 0 Å². The van der Waals surface area contributed by atoms with Crippen molar-refractivity contribution in [1.82, 2.24) is 14.9 Å². The molecule has 0 spiro atoms. The van der Waals surface area contributed by atoms with Crippen LogP contribution in [0.3, 0.4) is 0 Å². The monoisotopic (exact) mass is 267 g/mol. The van der Waals surface area contributed by atoms with E-state index in [0.717, 1.165) is 5.92 Å². The average Bonchev–Trinajstić information content (AvgIpc) is 2.34. The van der Waals surface area contributed by atoms with Gasteiger partial charge >= 0.3 is 6.01 Å². The molecule has 5 rings (SSSR count). The quantitative estimate of drug-likeness (QED) is 0.816. The highest BCUT2D eigenvalue weighted by Gasteiger charge is 2.48. The summed E-state index contributed by atoms with van der Waals surface area (Å²) in [4.78, 5) is 11.0. The van der Waals surface area contributed by atoms with E-state index in [1.54, 1.807) is 12.4 Å². The molecule has 1 saturated carbocycles. The van der Waals surface area contributed by atoms with Crippen molar-refractivity contribution in [3.63, 3.8) is 0 Å². The van der Waals surface area contributed by atoms with Gasteiger partial charge in [0.15, 0.2) is 0 Å². The van der Waals surface area contributed by atoms with Gasteiger partial charge in [0.25, 0.3) is 0 Å². The topological polar surface area (TPSA) is 38.2 Å². The van der Waals surface area contributed by atoms with Crippen LogP contribution in [-0.4, -0.2) is 40.6 Å². The Labute approximate surface area is 113 Å². The predicted octanol–water partition coefficient (Wildman–Crippen LogP) is 1.62. The van der Waals surface area contributed by atoms with Crippen molar-refractivity contribution >= 4 is 12.4 Å². The van der Waals surface area contributed by atoms with Crippen molar-refractivity contribution in [2.45, 2.75) is 18.9 Å². The third kappa shape index (κ3) is 1.97. The first-order chi connectivity index (χ1) is 8.38. The molecule has 18 heavy (non-hydrogen) atoms. The molecule has 4 heterocycles. The second-order valence-electron chi connectivity index (χ2n) is 5.69. The lowest BCUT2D eigenvalue weighted by atomic mass is 9.66. The Morgan fingerprint density at radius 3 is 2.33 bits per heavy atom. The molecule has 4 nitrogen and oxygen atoms in total. The first-order valence-corrected chi connectivity index (χ1v) is 6.54. The molecule has 0 aromatic carbocycles. The van der Waals surface area contributed by atoms with Crippen LogP contribution in [0.2, 0.25) is 0 Å². The van der Waals surface area contributed by atoms with Gasteiger partial charge < -0.3 is 9.64 Å². The van der Waals surface area contributed by atoms with Crippen molar-refractivity contribution in [2.75, 3.05) is 19.6 Å². The Morgan fingerprint density at radius 1 is 1.06 bits per heavy atom. The normalized spacial score (nSPS) is 40.3.